The highest BCUT2D eigenvalue weighted by Gasteiger charge is 2.30. The minimum Gasteiger partial charge on any atom is -0.490 e. The second-order valence-electron chi connectivity index (χ2n) is 10.5. The van der Waals surface area contributed by atoms with Crippen molar-refractivity contribution < 1.29 is 14.3 Å². The molecule has 0 unspecified atom stereocenters. The summed E-state index contributed by atoms with van der Waals surface area (Å²) in [5, 5.41) is 2.43. The number of rotatable bonds is 9. The van der Waals surface area contributed by atoms with Gasteiger partial charge in [-0.15, -0.1) is 0 Å². The van der Waals surface area contributed by atoms with E-state index >= 15 is 0 Å². The van der Waals surface area contributed by atoms with Gasteiger partial charge in [0.25, 0.3) is 0 Å². The molecule has 32 heavy (non-hydrogen) atoms. The smallest absolute Gasteiger partial charge is 0.307 e. The first kappa shape index (κ1) is 24.6. The fourth-order valence-electron chi connectivity index (χ4n) is 4.65. The number of carbonyl (C=O) groups excluding carboxylic acids is 1. The van der Waals surface area contributed by atoms with E-state index in [9.17, 15) is 4.79 Å². The van der Waals surface area contributed by atoms with Crippen molar-refractivity contribution in [3.8, 4) is 5.75 Å². The highest BCUT2D eigenvalue weighted by Crippen LogP contribution is 2.39. The lowest BCUT2D eigenvalue weighted by Crippen LogP contribution is -2.30. The summed E-state index contributed by atoms with van der Waals surface area (Å²) in [6.45, 7) is 11.1. The van der Waals surface area contributed by atoms with E-state index in [1.165, 1.54) is 29.2 Å². The van der Waals surface area contributed by atoms with Crippen molar-refractivity contribution in [3.63, 3.8) is 0 Å². The van der Waals surface area contributed by atoms with Crippen molar-refractivity contribution in [3.05, 3.63) is 42.0 Å². The second kappa shape index (κ2) is 11.2. The zero-order valence-corrected chi connectivity index (χ0v) is 20.7. The maximum absolute atomic E-state index is 11.7. The van der Waals surface area contributed by atoms with Gasteiger partial charge in [0, 0.05) is 13.1 Å². The molecule has 0 radical (unpaired) electrons. The lowest BCUT2D eigenvalue weighted by molar-refractivity contribution is -0.144. The van der Waals surface area contributed by atoms with Crippen molar-refractivity contribution >= 4 is 16.7 Å². The van der Waals surface area contributed by atoms with E-state index in [1.807, 2.05) is 14.0 Å². The Balaban J connectivity index is 1.52. The van der Waals surface area contributed by atoms with Gasteiger partial charge >= 0.3 is 5.97 Å². The number of hydrogen-bond donors (Lipinski definition) is 0. The van der Waals surface area contributed by atoms with Crippen LogP contribution in [-0.2, 0) is 16.1 Å². The van der Waals surface area contributed by atoms with Gasteiger partial charge in [-0.1, -0.05) is 45.9 Å². The lowest BCUT2D eigenvalue weighted by atomic mass is 9.72. The number of nitrogens with zero attached hydrogens (tertiary/aromatic N) is 1. The van der Waals surface area contributed by atoms with Gasteiger partial charge < -0.3 is 14.4 Å². The predicted octanol–water partition coefficient (Wildman–Crippen LogP) is 6.60. The summed E-state index contributed by atoms with van der Waals surface area (Å²) < 4.78 is 11.5. The predicted molar refractivity (Wildman–Crippen MR) is 132 cm³/mol. The molecular formula is C28H41NO3. The third-order valence-corrected chi connectivity index (χ3v) is 6.70. The van der Waals surface area contributed by atoms with Crippen LogP contribution in [0.2, 0.25) is 0 Å². The van der Waals surface area contributed by atoms with Crippen molar-refractivity contribution in [1.29, 1.82) is 0 Å². The molecule has 0 atom stereocenters. The summed E-state index contributed by atoms with van der Waals surface area (Å²) in [5.41, 5.74) is 1.65. The number of esters is 1. The molecular weight excluding hydrogens is 398 g/mol. The number of carbonyl (C=O) groups is 1. The normalized spacial score (nSPS) is 19.3. The van der Waals surface area contributed by atoms with E-state index in [0.29, 0.717) is 31.1 Å². The SMILES string of the molecule is CCCOC(=O)CCN(C)Cc1ccc2cc(OC3CCC(C(C)(C)C)CC3)ccc2c1. The van der Waals surface area contributed by atoms with Crippen molar-refractivity contribution in [2.75, 3.05) is 20.2 Å². The van der Waals surface area contributed by atoms with Crippen LogP contribution in [0.1, 0.15) is 71.8 Å². The molecule has 0 amide bonds. The molecule has 2 aromatic carbocycles. The van der Waals surface area contributed by atoms with E-state index in [4.69, 9.17) is 9.47 Å². The number of fused-ring (bicyclic) bond motifs is 1. The fourth-order valence-corrected chi connectivity index (χ4v) is 4.65. The largest absolute Gasteiger partial charge is 0.490 e. The monoisotopic (exact) mass is 439 g/mol. The maximum Gasteiger partial charge on any atom is 0.307 e. The van der Waals surface area contributed by atoms with Gasteiger partial charge in [0.1, 0.15) is 5.75 Å². The van der Waals surface area contributed by atoms with Crippen LogP contribution in [0.3, 0.4) is 0 Å². The summed E-state index contributed by atoms with van der Waals surface area (Å²) in [7, 11) is 2.04. The van der Waals surface area contributed by atoms with Crippen LogP contribution >= 0.6 is 0 Å². The van der Waals surface area contributed by atoms with Gasteiger partial charge in [-0.3, -0.25) is 4.79 Å². The summed E-state index contributed by atoms with van der Waals surface area (Å²) in [5.74, 6) is 1.67. The van der Waals surface area contributed by atoms with Gasteiger partial charge in [0.05, 0.1) is 19.1 Å². The van der Waals surface area contributed by atoms with Crippen LogP contribution in [0.25, 0.3) is 10.8 Å². The Morgan fingerprint density at radius 1 is 1.03 bits per heavy atom. The first-order valence-corrected chi connectivity index (χ1v) is 12.3. The van der Waals surface area contributed by atoms with Crippen LogP contribution in [0.4, 0.5) is 0 Å². The average molecular weight is 440 g/mol. The van der Waals surface area contributed by atoms with E-state index in [2.05, 4.69) is 62.1 Å². The number of benzene rings is 2. The molecule has 0 bridgehead atoms. The van der Waals surface area contributed by atoms with E-state index < -0.39 is 0 Å². The van der Waals surface area contributed by atoms with Crippen molar-refractivity contribution in [1.82, 2.24) is 4.90 Å². The van der Waals surface area contributed by atoms with Gasteiger partial charge in [0.2, 0.25) is 0 Å². The Morgan fingerprint density at radius 3 is 2.41 bits per heavy atom. The quantitative estimate of drug-likeness (QED) is 0.413. The standard InChI is InChI=1S/C28H41NO3/c1-6-17-31-27(30)15-16-29(5)20-21-7-8-23-19-26(12-9-22(23)18-21)32-25-13-10-24(11-14-25)28(2,3)4/h7-9,12,18-19,24-25H,6,10-11,13-17,20H2,1-5H3. The Labute approximate surface area is 194 Å². The third-order valence-electron chi connectivity index (χ3n) is 6.70. The zero-order valence-electron chi connectivity index (χ0n) is 20.7. The van der Waals surface area contributed by atoms with Crippen molar-refractivity contribution in [2.45, 2.75) is 78.9 Å². The molecule has 0 saturated heterocycles. The number of hydrogen-bond acceptors (Lipinski definition) is 4. The summed E-state index contributed by atoms with van der Waals surface area (Å²) in [6, 6.07) is 13.0. The molecule has 4 heteroatoms. The molecule has 0 aromatic heterocycles. The summed E-state index contributed by atoms with van der Waals surface area (Å²) in [6.07, 6.45) is 6.45. The molecule has 1 saturated carbocycles. The summed E-state index contributed by atoms with van der Waals surface area (Å²) in [4.78, 5) is 13.9. The summed E-state index contributed by atoms with van der Waals surface area (Å²) >= 11 is 0. The van der Waals surface area contributed by atoms with Crippen LogP contribution in [0.5, 0.6) is 5.75 Å². The van der Waals surface area contributed by atoms with Crippen LogP contribution in [-0.4, -0.2) is 37.2 Å². The molecule has 0 N–H and O–H groups in total. The Bertz CT molecular complexity index is 878. The van der Waals surface area contributed by atoms with E-state index in [-0.39, 0.29) is 5.97 Å². The highest BCUT2D eigenvalue weighted by atomic mass is 16.5. The highest BCUT2D eigenvalue weighted by molar-refractivity contribution is 5.84. The second-order valence-corrected chi connectivity index (χ2v) is 10.5. The molecule has 3 rings (SSSR count). The lowest BCUT2D eigenvalue weighted by Gasteiger charge is -2.37. The van der Waals surface area contributed by atoms with Crippen molar-refractivity contribution in [2.24, 2.45) is 11.3 Å². The molecule has 1 aliphatic carbocycles. The van der Waals surface area contributed by atoms with Crippen LogP contribution in [0.15, 0.2) is 36.4 Å². The Morgan fingerprint density at radius 2 is 1.72 bits per heavy atom. The molecule has 1 aliphatic rings. The third kappa shape index (κ3) is 7.23. The topological polar surface area (TPSA) is 38.8 Å². The molecule has 0 spiro atoms. The molecule has 0 heterocycles. The van der Waals surface area contributed by atoms with E-state index in [0.717, 1.165) is 37.5 Å². The molecule has 176 valence electrons. The Kier molecular flexibility index (Phi) is 8.58. The Hall–Kier alpha value is -2.07. The van der Waals surface area contributed by atoms with Gasteiger partial charge in [0.15, 0.2) is 0 Å². The molecule has 2 aromatic rings. The average Bonchev–Trinajstić information content (AvgIpc) is 2.76. The minimum absolute atomic E-state index is 0.114. The molecule has 4 nitrogen and oxygen atoms in total. The first-order valence-electron chi connectivity index (χ1n) is 12.3. The zero-order chi connectivity index (χ0) is 23.1. The van der Waals surface area contributed by atoms with Crippen LogP contribution < -0.4 is 4.74 Å². The van der Waals surface area contributed by atoms with Gasteiger partial charge in [-0.05, 0) is 85.0 Å². The molecule has 1 fully saturated rings. The van der Waals surface area contributed by atoms with Gasteiger partial charge in [-0.2, -0.15) is 0 Å². The molecule has 0 aliphatic heterocycles. The minimum atomic E-state index is -0.114. The van der Waals surface area contributed by atoms with E-state index in [1.54, 1.807) is 0 Å². The first-order chi connectivity index (χ1) is 15.2. The van der Waals surface area contributed by atoms with Gasteiger partial charge in [-0.25, -0.2) is 0 Å². The fraction of sp³-hybridized carbons (Fsp3) is 0.607. The maximum atomic E-state index is 11.7. The van der Waals surface area contributed by atoms with Crippen LogP contribution in [0, 0.1) is 11.3 Å². The number of ether oxygens (including phenoxy) is 2.